The Balaban J connectivity index is 0.00000156. The van der Waals surface area contributed by atoms with Crippen molar-refractivity contribution in [3.63, 3.8) is 0 Å². The summed E-state index contributed by atoms with van der Waals surface area (Å²) in [6.45, 7) is 0. The summed E-state index contributed by atoms with van der Waals surface area (Å²) in [6, 6.07) is 20.6. The van der Waals surface area contributed by atoms with E-state index in [1.807, 2.05) is 42.5 Å². The Morgan fingerprint density at radius 2 is 1.17 bits per heavy atom. The van der Waals surface area contributed by atoms with Gasteiger partial charge in [-0.25, -0.2) is 8.42 Å². The minimum atomic E-state index is -4.49. The van der Waals surface area contributed by atoms with Gasteiger partial charge < -0.3 is 4.55 Å². The Hall–Kier alpha value is -1.43. The van der Waals surface area contributed by atoms with Gasteiger partial charge in [0.15, 0.2) is 0 Å². The molecule has 3 nitrogen and oxygen atoms in total. The number of fused-ring (bicyclic) bond motifs is 3. The molecule has 0 saturated carbocycles. The Kier molecular flexibility index (Phi) is 4.21. The molecule has 0 aliphatic carbocycles. The molecule has 4 aromatic rings. The average molecular weight is 330 g/mol. The average Bonchev–Trinajstić information content (AvgIpc) is 2.49. The third kappa shape index (κ3) is 2.89. The molecule has 0 atom stereocenters. The van der Waals surface area contributed by atoms with Crippen molar-refractivity contribution >= 4 is 42.4 Å². The van der Waals surface area contributed by atoms with Gasteiger partial charge in [0.25, 0.3) is 0 Å². The van der Waals surface area contributed by atoms with Crippen LogP contribution in [0.1, 0.15) is 0 Å². The van der Waals surface area contributed by atoms with Gasteiger partial charge in [-0.1, -0.05) is 36.4 Å². The first kappa shape index (κ1) is 16.4. The van der Waals surface area contributed by atoms with Crippen molar-refractivity contribution in [2.24, 2.45) is 0 Å². The van der Waals surface area contributed by atoms with Gasteiger partial charge in [-0.2, -0.15) is 0 Å². The van der Waals surface area contributed by atoms with Crippen LogP contribution in [0.15, 0.2) is 71.6 Å². The summed E-state index contributed by atoms with van der Waals surface area (Å²) in [5.74, 6) is 0. The maximum Gasteiger partial charge on any atom is 1.00 e. The fourth-order valence-electron chi connectivity index (χ4n) is 2.91. The van der Waals surface area contributed by atoms with Crippen LogP contribution in [0.2, 0.25) is 0 Å². The van der Waals surface area contributed by atoms with E-state index in [0.29, 0.717) is 5.39 Å². The van der Waals surface area contributed by atoms with Crippen molar-refractivity contribution in [2.75, 3.05) is 0 Å². The molecule has 0 N–H and O–H groups in total. The zero-order chi connectivity index (χ0) is 15.3. The maximum absolute atomic E-state index is 11.4. The van der Waals surface area contributed by atoms with Crippen LogP contribution in [0.25, 0.3) is 32.3 Å². The molecule has 0 spiro atoms. The van der Waals surface area contributed by atoms with E-state index in [4.69, 9.17) is 0 Å². The summed E-state index contributed by atoms with van der Waals surface area (Å²) in [5.41, 5.74) is 0. The predicted molar refractivity (Wildman–Crippen MR) is 86.9 cm³/mol. The second kappa shape index (κ2) is 5.89. The molecular formula is C18H11NaO3S. The van der Waals surface area contributed by atoms with E-state index in [1.165, 1.54) is 6.07 Å². The normalized spacial score (nSPS) is 11.7. The molecule has 0 fully saturated rings. The molecule has 5 heteroatoms. The van der Waals surface area contributed by atoms with Crippen molar-refractivity contribution in [3.05, 3.63) is 66.7 Å². The van der Waals surface area contributed by atoms with Crippen LogP contribution in [0, 0.1) is 0 Å². The third-order valence-electron chi connectivity index (χ3n) is 3.93. The molecule has 0 aromatic heterocycles. The molecular weight excluding hydrogens is 319 g/mol. The van der Waals surface area contributed by atoms with Crippen LogP contribution in [0.4, 0.5) is 0 Å². The van der Waals surface area contributed by atoms with Gasteiger partial charge in [0.2, 0.25) is 0 Å². The first-order valence-corrected chi connectivity index (χ1v) is 8.24. The summed E-state index contributed by atoms with van der Waals surface area (Å²) >= 11 is 0. The van der Waals surface area contributed by atoms with Gasteiger partial charge in [0.1, 0.15) is 10.1 Å². The number of rotatable bonds is 1. The Bertz CT molecular complexity index is 1150. The van der Waals surface area contributed by atoms with Gasteiger partial charge in [-0.15, -0.1) is 0 Å². The number of hydrogen-bond acceptors (Lipinski definition) is 3. The summed E-state index contributed by atoms with van der Waals surface area (Å²) in [7, 11) is -4.49. The standard InChI is InChI=1S/C18H12O3S.Na/c19-22(20,21)18-7-3-6-14-10-15-8-12-4-1-2-5-13(12)9-16(15)11-17(14)18;/h1-11H,(H,19,20,21);/q;+1/p-1. The third-order valence-corrected chi connectivity index (χ3v) is 4.83. The molecule has 0 amide bonds. The van der Waals surface area contributed by atoms with Crippen LogP contribution in [0.3, 0.4) is 0 Å². The molecule has 0 aliphatic heterocycles. The van der Waals surface area contributed by atoms with Crippen LogP contribution < -0.4 is 29.6 Å². The van der Waals surface area contributed by atoms with Crippen molar-refractivity contribution in [1.82, 2.24) is 0 Å². The first-order chi connectivity index (χ1) is 10.5. The number of benzene rings is 4. The van der Waals surface area contributed by atoms with E-state index in [1.54, 1.807) is 12.1 Å². The SMILES string of the molecule is O=S(=O)([O-])c1cccc2cc3cc4ccccc4cc3cc12.[Na+]. The zero-order valence-electron chi connectivity index (χ0n) is 12.5. The largest absolute Gasteiger partial charge is 1.00 e. The van der Waals surface area contributed by atoms with Crippen molar-refractivity contribution in [2.45, 2.75) is 4.90 Å². The summed E-state index contributed by atoms with van der Waals surface area (Å²) in [6.07, 6.45) is 0. The van der Waals surface area contributed by atoms with Crippen molar-refractivity contribution in [3.8, 4) is 0 Å². The minimum absolute atomic E-state index is 0. The summed E-state index contributed by atoms with van der Waals surface area (Å²) in [5, 5.41) is 5.37. The quantitative estimate of drug-likeness (QED) is 0.298. The van der Waals surface area contributed by atoms with E-state index in [0.717, 1.165) is 26.9 Å². The molecule has 23 heavy (non-hydrogen) atoms. The molecule has 0 saturated heterocycles. The Morgan fingerprint density at radius 3 is 1.78 bits per heavy atom. The van der Waals surface area contributed by atoms with E-state index in [-0.39, 0.29) is 34.5 Å². The smallest absolute Gasteiger partial charge is 0.744 e. The zero-order valence-corrected chi connectivity index (χ0v) is 15.3. The van der Waals surface area contributed by atoms with Crippen LogP contribution in [-0.4, -0.2) is 13.0 Å². The number of hydrogen-bond donors (Lipinski definition) is 0. The first-order valence-electron chi connectivity index (χ1n) is 6.83. The van der Waals surface area contributed by atoms with E-state index < -0.39 is 10.1 Å². The molecule has 4 rings (SSSR count). The molecule has 0 radical (unpaired) electrons. The van der Waals surface area contributed by atoms with Crippen molar-refractivity contribution in [1.29, 1.82) is 0 Å². The monoisotopic (exact) mass is 330 g/mol. The second-order valence-electron chi connectivity index (χ2n) is 5.33. The summed E-state index contributed by atoms with van der Waals surface area (Å²) < 4.78 is 34.3. The van der Waals surface area contributed by atoms with E-state index in [2.05, 4.69) is 6.07 Å². The van der Waals surface area contributed by atoms with Crippen molar-refractivity contribution < 1.29 is 42.5 Å². The van der Waals surface area contributed by atoms with Crippen LogP contribution in [0.5, 0.6) is 0 Å². The molecule has 108 valence electrons. The van der Waals surface area contributed by atoms with Gasteiger partial charge in [0.05, 0.1) is 4.90 Å². The fraction of sp³-hybridized carbons (Fsp3) is 0. The molecule has 4 aromatic carbocycles. The molecule has 0 bridgehead atoms. The Morgan fingerprint density at radius 1 is 0.652 bits per heavy atom. The van der Waals surface area contributed by atoms with Crippen LogP contribution >= 0.6 is 0 Å². The fourth-order valence-corrected chi connectivity index (χ4v) is 3.60. The predicted octanol–water partition coefficient (Wildman–Crippen LogP) is 1.05. The molecule has 0 aliphatic rings. The van der Waals surface area contributed by atoms with Gasteiger partial charge in [0, 0.05) is 0 Å². The van der Waals surface area contributed by atoms with Gasteiger partial charge in [-0.3, -0.25) is 0 Å². The summed E-state index contributed by atoms with van der Waals surface area (Å²) in [4.78, 5) is -0.167. The van der Waals surface area contributed by atoms with Gasteiger partial charge >= 0.3 is 29.6 Å². The second-order valence-corrected chi connectivity index (χ2v) is 6.68. The minimum Gasteiger partial charge on any atom is -0.744 e. The van der Waals surface area contributed by atoms with E-state index >= 15 is 0 Å². The van der Waals surface area contributed by atoms with Crippen LogP contribution in [-0.2, 0) is 10.1 Å². The Labute approximate surface area is 156 Å². The topological polar surface area (TPSA) is 57.2 Å². The maximum atomic E-state index is 11.4. The molecule has 0 unspecified atom stereocenters. The van der Waals surface area contributed by atoms with E-state index in [9.17, 15) is 13.0 Å². The van der Waals surface area contributed by atoms with Gasteiger partial charge in [-0.05, 0) is 62.6 Å². The molecule has 0 heterocycles.